The topological polar surface area (TPSA) is 93.7 Å². The molecule has 2 rings (SSSR count). The van der Waals surface area contributed by atoms with Gasteiger partial charge in [-0.25, -0.2) is 8.78 Å². The minimum atomic E-state index is -1.54. The van der Waals surface area contributed by atoms with Gasteiger partial charge in [-0.1, -0.05) is 12.2 Å². The van der Waals surface area contributed by atoms with Gasteiger partial charge >= 0.3 is 5.97 Å². The Morgan fingerprint density at radius 1 is 1.08 bits per heavy atom. The third-order valence-corrected chi connectivity index (χ3v) is 3.76. The molecule has 0 saturated carbocycles. The molecule has 26 heavy (non-hydrogen) atoms. The van der Waals surface area contributed by atoms with Gasteiger partial charge in [-0.05, 0) is 18.6 Å². The Kier molecular flexibility index (Phi) is 6.40. The summed E-state index contributed by atoms with van der Waals surface area (Å²) in [4.78, 5) is 35.9. The molecular formula is C17H18F2N2O5. The van der Waals surface area contributed by atoms with Crippen LogP contribution in [0.15, 0.2) is 30.4 Å². The molecule has 0 saturated heterocycles. The smallest absolute Gasteiger partial charge is 0.312 e. The largest absolute Gasteiger partial charge is 0.469 e. The van der Waals surface area contributed by atoms with Crippen LogP contribution in [0.5, 0.6) is 0 Å². The molecule has 2 amide bonds. The lowest BCUT2D eigenvalue weighted by atomic mass is 10.1. The van der Waals surface area contributed by atoms with E-state index in [0.29, 0.717) is 12.5 Å². The van der Waals surface area contributed by atoms with Crippen molar-refractivity contribution in [3.8, 4) is 0 Å². The average Bonchev–Trinajstić information content (AvgIpc) is 3.02. The van der Waals surface area contributed by atoms with Gasteiger partial charge in [0.15, 0.2) is 0 Å². The van der Waals surface area contributed by atoms with Crippen molar-refractivity contribution in [2.24, 2.45) is 5.92 Å². The van der Waals surface area contributed by atoms with Crippen LogP contribution >= 0.6 is 0 Å². The molecule has 1 aliphatic carbocycles. The summed E-state index contributed by atoms with van der Waals surface area (Å²) in [5.74, 6) is -4.28. The summed E-state index contributed by atoms with van der Waals surface area (Å²) in [6, 6.07) is 2.00. The molecule has 1 aliphatic rings. The first-order valence-corrected chi connectivity index (χ1v) is 7.70. The van der Waals surface area contributed by atoms with Gasteiger partial charge in [0.1, 0.15) is 11.6 Å². The van der Waals surface area contributed by atoms with E-state index in [1.165, 1.54) is 7.11 Å². The van der Waals surface area contributed by atoms with E-state index in [0.717, 1.165) is 19.2 Å². The maximum absolute atomic E-state index is 13.2. The fraction of sp³-hybridized carbons (Fsp3) is 0.353. The molecule has 0 aromatic heterocycles. The number of anilines is 1. The van der Waals surface area contributed by atoms with Gasteiger partial charge in [-0.3, -0.25) is 14.4 Å². The molecule has 9 heteroatoms. The minimum Gasteiger partial charge on any atom is -0.469 e. The number of halogens is 2. The molecule has 0 bridgehead atoms. The minimum absolute atomic E-state index is 0.145. The lowest BCUT2D eigenvalue weighted by molar-refractivity contribution is -0.144. The van der Waals surface area contributed by atoms with Crippen molar-refractivity contribution in [3.05, 3.63) is 42.0 Å². The molecule has 7 nitrogen and oxygen atoms in total. The number of carbonyl (C=O) groups excluding carboxylic acids is 3. The number of carbonyl (C=O) groups is 3. The van der Waals surface area contributed by atoms with E-state index in [4.69, 9.17) is 4.74 Å². The molecule has 1 unspecified atom stereocenters. The maximum atomic E-state index is 13.2. The predicted molar refractivity (Wildman–Crippen MR) is 87.0 cm³/mol. The summed E-state index contributed by atoms with van der Waals surface area (Å²) in [5.41, 5.74) is -0.145. The standard InChI is InChI=1S/C17H18F2N2O5/c1-25-14(16(23)21-13-7-10(18)6-11(19)8-13)15(22)20-12-4-3-9(5-12)17(24)26-2/h3-4,6-9,12,14H,5H2,1-2H3,(H,20,22)(H,21,23)/t9-,12+,14?/m1/s1. The monoisotopic (exact) mass is 368 g/mol. The summed E-state index contributed by atoms with van der Waals surface area (Å²) in [6.07, 6.45) is 1.98. The number of hydrogen-bond donors (Lipinski definition) is 2. The van der Waals surface area contributed by atoms with E-state index in [-0.39, 0.29) is 5.69 Å². The van der Waals surface area contributed by atoms with Crippen molar-refractivity contribution >= 4 is 23.5 Å². The van der Waals surface area contributed by atoms with Crippen molar-refractivity contribution in [2.75, 3.05) is 19.5 Å². The molecule has 3 atom stereocenters. The van der Waals surface area contributed by atoms with Crippen molar-refractivity contribution in [3.63, 3.8) is 0 Å². The first kappa shape index (κ1) is 19.5. The third-order valence-electron chi connectivity index (χ3n) is 3.76. The highest BCUT2D eigenvalue weighted by Crippen LogP contribution is 2.19. The lowest BCUT2D eigenvalue weighted by Gasteiger charge is -2.18. The zero-order chi connectivity index (χ0) is 19.3. The lowest BCUT2D eigenvalue weighted by Crippen LogP contribution is -2.47. The molecule has 1 aromatic carbocycles. The molecule has 1 aromatic rings. The van der Waals surface area contributed by atoms with Gasteiger partial charge in [0.2, 0.25) is 6.10 Å². The van der Waals surface area contributed by atoms with Crippen LogP contribution in [0.2, 0.25) is 0 Å². The number of benzene rings is 1. The van der Waals surface area contributed by atoms with E-state index in [2.05, 4.69) is 15.4 Å². The Hall–Kier alpha value is -2.81. The zero-order valence-corrected chi connectivity index (χ0v) is 14.1. The van der Waals surface area contributed by atoms with Crippen LogP contribution < -0.4 is 10.6 Å². The summed E-state index contributed by atoms with van der Waals surface area (Å²) in [5, 5.41) is 4.78. The quantitative estimate of drug-likeness (QED) is 0.446. The number of methoxy groups -OCH3 is 2. The van der Waals surface area contributed by atoms with Gasteiger partial charge in [0.05, 0.1) is 13.0 Å². The second-order valence-corrected chi connectivity index (χ2v) is 5.63. The van der Waals surface area contributed by atoms with Crippen LogP contribution in [-0.2, 0) is 23.9 Å². The van der Waals surface area contributed by atoms with Crippen molar-refractivity contribution in [2.45, 2.75) is 18.6 Å². The number of amides is 2. The van der Waals surface area contributed by atoms with E-state index < -0.39 is 47.5 Å². The highest BCUT2D eigenvalue weighted by molar-refractivity contribution is 6.09. The van der Waals surface area contributed by atoms with E-state index >= 15 is 0 Å². The Morgan fingerprint density at radius 2 is 1.73 bits per heavy atom. The second-order valence-electron chi connectivity index (χ2n) is 5.63. The molecule has 0 aliphatic heterocycles. The number of hydrogen-bond acceptors (Lipinski definition) is 5. The van der Waals surface area contributed by atoms with Gasteiger partial charge in [0.25, 0.3) is 11.8 Å². The molecule has 0 fully saturated rings. The van der Waals surface area contributed by atoms with Gasteiger partial charge in [0, 0.05) is 24.9 Å². The van der Waals surface area contributed by atoms with Crippen molar-refractivity contribution in [1.29, 1.82) is 0 Å². The Labute approximate surface area is 148 Å². The van der Waals surface area contributed by atoms with E-state index in [1.54, 1.807) is 12.2 Å². The highest BCUT2D eigenvalue weighted by atomic mass is 19.1. The average molecular weight is 368 g/mol. The van der Waals surface area contributed by atoms with Crippen molar-refractivity contribution in [1.82, 2.24) is 5.32 Å². The Balaban J connectivity index is 1.96. The van der Waals surface area contributed by atoms with Crippen LogP contribution in [0.3, 0.4) is 0 Å². The normalized spacial score (nSPS) is 19.7. The number of rotatable bonds is 6. The van der Waals surface area contributed by atoms with Crippen LogP contribution in [0.1, 0.15) is 6.42 Å². The Bertz CT molecular complexity index is 718. The predicted octanol–water partition coefficient (Wildman–Crippen LogP) is 1.15. The number of esters is 1. The van der Waals surface area contributed by atoms with E-state index in [9.17, 15) is 23.2 Å². The summed E-state index contributed by atoms with van der Waals surface area (Å²) in [7, 11) is 2.42. The number of ether oxygens (including phenoxy) is 2. The Morgan fingerprint density at radius 3 is 2.31 bits per heavy atom. The maximum Gasteiger partial charge on any atom is 0.312 e. The van der Waals surface area contributed by atoms with Crippen LogP contribution in [0, 0.1) is 17.6 Å². The molecule has 0 radical (unpaired) electrons. The first-order valence-electron chi connectivity index (χ1n) is 7.70. The highest BCUT2D eigenvalue weighted by Gasteiger charge is 2.31. The van der Waals surface area contributed by atoms with E-state index in [1.807, 2.05) is 0 Å². The number of nitrogens with one attached hydrogen (secondary N) is 2. The molecule has 0 spiro atoms. The fourth-order valence-corrected chi connectivity index (χ4v) is 2.56. The summed E-state index contributed by atoms with van der Waals surface area (Å²) >= 11 is 0. The first-order chi connectivity index (χ1) is 12.3. The van der Waals surface area contributed by atoms with Crippen molar-refractivity contribution < 1.29 is 32.6 Å². The summed E-state index contributed by atoms with van der Waals surface area (Å²) in [6.45, 7) is 0. The molecule has 140 valence electrons. The van der Waals surface area contributed by atoms with Gasteiger partial charge < -0.3 is 20.1 Å². The van der Waals surface area contributed by atoms with Crippen LogP contribution in [-0.4, -0.2) is 44.1 Å². The zero-order valence-electron chi connectivity index (χ0n) is 14.1. The molecule has 0 heterocycles. The molecule has 2 N–H and O–H groups in total. The van der Waals surface area contributed by atoms with Crippen LogP contribution in [0.4, 0.5) is 14.5 Å². The summed E-state index contributed by atoms with van der Waals surface area (Å²) < 4.78 is 35.9. The van der Waals surface area contributed by atoms with Crippen LogP contribution in [0.25, 0.3) is 0 Å². The SMILES string of the molecule is COC(=O)[C@@H]1C=C[C@H](NC(=O)C(OC)C(=O)Nc2cc(F)cc(F)c2)C1. The molecular weight excluding hydrogens is 350 g/mol. The fourth-order valence-electron chi connectivity index (χ4n) is 2.56. The third kappa shape index (κ3) is 4.85. The second kappa shape index (κ2) is 8.52. The van der Waals surface area contributed by atoms with Gasteiger partial charge in [-0.2, -0.15) is 0 Å². The van der Waals surface area contributed by atoms with Gasteiger partial charge in [-0.15, -0.1) is 0 Å².